The molecule has 0 radical (unpaired) electrons. The van der Waals surface area contributed by atoms with Gasteiger partial charge in [-0.25, -0.2) is 0 Å². The Hall–Kier alpha value is -4.36. The Balaban J connectivity index is 1.65. The molecule has 34 heavy (non-hydrogen) atoms. The van der Waals surface area contributed by atoms with Crippen LogP contribution in [0.2, 0.25) is 0 Å². The Morgan fingerprint density at radius 2 is 1.59 bits per heavy atom. The molecule has 5 rings (SSSR count). The molecular formula is C33H27N. The number of para-hydroxylation sites is 1. The fraction of sp³-hybridized carbons (Fsp3) is 0.0303. The summed E-state index contributed by atoms with van der Waals surface area (Å²) in [5.74, 6) is 0. The average Bonchev–Trinajstić information content (AvgIpc) is 2.88. The number of fused-ring (bicyclic) bond motifs is 3. The molecule has 1 heteroatoms. The molecule has 0 saturated carbocycles. The summed E-state index contributed by atoms with van der Waals surface area (Å²) in [4.78, 5) is 2.26. The van der Waals surface area contributed by atoms with Crippen LogP contribution in [-0.2, 0) is 0 Å². The van der Waals surface area contributed by atoms with E-state index in [2.05, 4.69) is 121 Å². The van der Waals surface area contributed by atoms with E-state index in [-0.39, 0.29) is 0 Å². The van der Waals surface area contributed by atoms with E-state index in [1.165, 1.54) is 27.5 Å². The Morgan fingerprint density at radius 3 is 2.32 bits per heavy atom. The summed E-state index contributed by atoms with van der Waals surface area (Å²) in [6, 6.07) is 30.3. The van der Waals surface area contributed by atoms with E-state index in [0.717, 1.165) is 28.1 Å². The molecule has 0 aliphatic carbocycles. The normalized spacial score (nSPS) is 15.4. The highest BCUT2D eigenvalue weighted by Gasteiger charge is 2.17. The number of hydrogen-bond acceptors (Lipinski definition) is 1. The molecule has 0 aromatic heterocycles. The molecule has 1 aliphatic rings. The summed E-state index contributed by atoms with van der Waals surface area (Å²) in [7, 11) is 0. The molecule has 1 nitrogen and oxygen atoms in total. The lowest BCUT2D eigenvalue weighted by Gasteiger charge is -2.27. The van der Waals surface area contributed by atoms with Crippen LogP contribution in [0.3, 0.4) is 0 Å². The lowest BCUT2D eigenvalue weighted by atomic mass is 9.94. The van der Waals surface area contributed by atoms with Crippen LogP contribution < -0.4 is 4.90 Å². The van der Waals surface area contributed by atoms with Crippen molar-refractivity contribution in [3.05, 3.63) is 146 Å². The van der Waals surface area contributed by atoms with E-state index < -0.39 is 0 Å². The molecular weight excluding hydrogens is 410 g/mol. The van der Waals surface area contributed by atoms with Crippen molar-refractivity contribution >= 4 is 33.3 Å². The lowest BCUT2D eigenvalue weighted by Crippen LogP contribution is -2.11. The van der Waals surface area contributed by atoms with Crippen LogP contribution in [0.1, 0.15) is 18.1 Å². The number of hydrogen-bond donors (Lipinski definition) is 0. The van der Waals surface area contributed by atoms with Gasteiger partial charge in [0.1, 0.15) is 0 Å². The van der Waals surface area contributed by atoms with Crippen LogP contribution in [0.25, 0.3) is 33.0 Å². The first-order valence-electron chi connectivity index (χ1n) is 11.5. The van der Waals surface area contributed by atoms with E-state index in [1.807, 2.05) is 25.1 Å². The van der Waals surface area contributed by atoms with Crippen molar-refractivity contribution in [1.29, 1.82) is 0 Å². The van der Waals surface area contributed by atoms with Gasteiger partial charge in [0.05, 0.1) is 5.69 Å². The third kappa shape index (κ3) is 3.93. The molecule has 0 saturated heterocycles. The van der Waals surface area contributed by atoms with Crippen molar-refractivity contribution in [1.82, 2.24) is 0 Å². The number of allylic oxidation sites excluding steroid dienone is 7. The molecule has 4 aromatic rings. The first kappa shape index (κ1) is 21.5. The van der Waals surface area contributed by atoms with E-state index in [0.29, 0.717) is 0 Å². The van der Waals surface area contributed by atoms with Crippen molar-refractivity contribution in [2.75, 3.05) is 4.90 Å². The Morgan fingerprint density at radius 1 is 0.824 bits per heavy atom. The zero-order chi connectivity index (χ0) is 23.5. The van der Waals surface area contributed by atoms with Gasteiger partial charge in [0, 0.05) is 22.8 Å². The highest BCUT2D eigenvalue weighted by atomic mass is 15.1. The second-order valence-corrected chi connectivity index (χ2v) is 8.35. The zero-order valence-corrected chi connectivity index (χ0v) is 19.4. The van der Waals surface area contributed by atoms with Gasteiger partial charge < -0.3 is 4.90 Å². The van der Waals surface area contributed by atoms with E-state index in [1.54, 1.807) is 0 Å². The fourth-order valence-electron chi connectivity index (χ4n) is 4.54. The molecule has 0 amide bonds. The first-order valence-corrected chi connectivity index (χ1v) is 11.5. The Kier molecular flexibility index (Phi) is 5.84. The number of benzene rings is 4. The largest absolute Gasteiger partial charge is 0.316 e. The van der Waals surface area contributed by atoms with Crippen LogP contribution in [0.5, 0.6) is 0 Å². The first-order chi connectivity index (χ1) is 16.7. The third-order valence-electron chi connectivity index (χ3n) is 6.34. The number of anilines is 2. The topological polar surface area (TPSA) is 3.24 Å². The maximum Gasteiger partial charge on any atom is 0.0612 e. The minimum Gasteiger partial charge on any atom is -0.316 e. The van der Waals surface area contributed by atoms with Crippen molar-refractivity contribution in [3.8, 4) is 11.1 Å². The van der Waals surface area contributed by atoms with Crippen molar-refractivity contribution < 1.29 is 0 Å². The molecule has 164 valence electrons. The summed E-state index contributed by atoms with van der Waals surface area (Å²) in [6.07, 6.45) is 12.3. The third-order valence-corrected chi connectivity index (χ3v) is 6.34. The predicted molar refractivity (Wildman–Crippen MR) is 149 cm³/mol. The van der Waals surface area contributed by atoms with E-state index in [9.17, 15) is 0 Å². The second kappa shape index (κ2) is 9.25. The van der Waals surface area contributed by atoms with Crippen LogP contribution in [0.15, 0.2) is 135 Å². The van der Waals surface area contributed by atoms with Gasteiger partial charge in [-0.3, -0.25) is 0 Å². The molecule has 0 bridgehead atoms. The van der Waals surface area contributed by atoms with Crippen LogP contribution >= 0.6 is 0 Å². The van der Waals surface area contributed by atoms with Gasteiger partial charge in [0.2, 0.25) is 0 Å². The molecule has 0 spiro atoms. The van der Waals surface area contributed by atoms with Crippen LogP contribution in [0.4, 0.5) is 11.4 Å². The minimum atomic E-state index is 1.00. The predicted octanol–water partition coefficient (Wildman–Crippen LogP) is 9.33. The summed E-state index contributed by atoms with van der Waals surface area (Å²) in [5.41, 5.74) is 9.14. The van der Waals surface area contributed by atoms with Gasteiger partial charge in [0.25, 0.3) is 0 Å². The quantitative estimate of drug-likeness (QED) is 0.287. The minimum absolute atomic E-state index is 1.00. The van der Waals surface area contributed by atoms with Crippen molar-refractivity contribution in [2.24, 2.45) is 0 Å². The molecule has 1 heterocycles. The molecule has 0 N–H and O–H groups in total. The summed E-state index contributed by atoms with van der Waals surface area (Å²) in [5, 5.41) is 2.40. The molecule has 0 unspecified atom stereocenters. The maximum atomic E-state index is 4.33. The highest BCUT2D eigenvalue weighted by Crippen LogP contribution is 2.41. The Bertz CT molecular complexity index is 1460. The molecule has 0 fully saturated rings. The smallest absolute Gasteiger partial charge is 0.0612 e. The molecule has 4 aromatic carbocycles. The van der Waals surface area contributed by atoms with Crippen LogP contribution in [-0.4, -0.2) is 0 Å². The van der Waals surface area contributed by atoms with Gasteiger partial charge in [-0.2, -0.15) is 0 Å². The van der Waals surface area contributed by atoms with Gasteiger partial charge in [-0.15, -0.1) is 0 Å². The van der Waals surface area contributed by atoms with Gasteiger partial charge in [-0.1, -0.05) is 104 Å². The SMILES string of the molecule is C=C/C(=C\C)c1ccc(-c2ccc3c4c(ccc3c2)C(=C)/C=C\C=C/N4c2ccccc2)cc1. The van der Waals surface area contributed by atoms with E-state index in [4.69, 9.17) is 0 Å². The summed E-state index contributed by atoms with van der Waals surface area (Å²) in [6.45, 7) is 10.3. The van der Waals surface area contributed by atoms with Crippen molar-refractivity contribution in [3.63, 3.8) is 0 Å². The maximum absolute atomic E-state index is 4.33. The summed E-state index contributed by atoms with van der Waals surface area (Å²) < 4.78 is 0. The lowest BCUT2D eigenvalue weighted by molar-refractivity contribution is 1.28. The standard InChI is InChI=1S/C33H27N/c1-4-25(5-2)26-14-16-27(17-15-26)28-18-21-32-29(23-28)19-20-31-24(3)11-9-10-22-34(33(31)32)30-12-7-6-8-13-30/h4-23H,1,3H2,2H3/b11-9-,22-10-,25-5+. The zero-order valence-electron chi connectivity index (χ0n) is 19.4. The molecule has 0 atom stereocenters. The van der Waals surface area contributed by atoms with Gasteiger partial charge >= 0.3 is 0 Å². The second-order valence-electron chi connectivity index (χ2n) is 8.35. The monoisotopic (exact) mass is 437 g/mol. The van der Waals surface area contributed by atoms with Crippen LogP contribution in [0, 0.1) is 0 Å². The fourth-order valence-corrected chi connectivity index (χ4v) is 4.54. The van der Waals surface area contributed by atoms with Gasteiger partial charge in [0.15, 0.2) is 0 Å². The molecule has 1 aliphatic heterocycles. The number of nitrogens with zero attached hydrogens (tertiary/aromatic N) is 1. The van der Waals surface area contributed by atoms with E-state index >= 15 is 0 Å². The van der Waals surface area contributed by atoms with Crippen molar-refractivity contribution in [2.45, 2.75) is 6.92 Å². The number of rotatable bonds is 4. The van der Waals surface area contributed by atoms with Gasteiger partial charge in [-0.05, 0) is 64.4 Å². The summed E-state index contributed by atoms with van der Waals surface area (Å²) >= 11 is 0. The highest BCUT2D eigenvalue weighted by molar-refractivity contribution is 6.04. The average molecular weight is 438 g/mol. The Labute approximate surface area is 202 Å².